The first-order valence-electron chi connectivity index (χ1n) is 5.81. The Morgan fingerprint density at radius 1 is 1.38 bits per heavy atom. The standard InChI is InChI=1S/C12H19NO.C2H6/c1-6-9-11(10(4)7-2)13(5)12(14)8-3;1-2/h6-7,9H,1,8H2,2-5H3;1-2H3/b10-7-,11-9+;. The summed E-state index contributed by atoms with van der Waals surface area (Å²) in [6.45, 7) is 13.4. The second-order valence-electron chi connectivity index (χ2n) is 3.07. The molecule has 0 unspecified atom stereocenters. The van der Waals surface area contributed by atoms with E-state index in [-0.39, 0.29) is 5.91 Å². The third-order valence-electron chi connectivity index (χ3n) is 2.15. The predicted octanol–water partition coefficient (Wildman–Crippen LogP) is 3.92. The molecule has 0 aromatic carbocycles. The van der Waals surface area contributed by atoms with E-state index in [9.17, 15) is 4.79 Å². The second kappa shape index (κ2) is 10.2. The number of carbonyl (C=O) groups is 1. The van der Waals surface area contributed by atoms with Crippen molar-refractivity contribution >= 4 is 5.91 Å². The van der Waals surface area contributed by atoms with Gasteiger partial charge in [-0.05, 0) is 25.5 Å². The van der Waals surface area contributed by atoms with E-state index >= 15 is 0 Å². The van der Waals surface area contributed by atoms with Crippen molar-refractivity contribution in [1.29, 1.82) is 0 Å². The van der Waals surface area contributed by atoms with Gasteiger partial charge < -0.3 is 4.90 Å². The fourth-order valence-corrected chi connectivity index (χ4v) is 1.14. The molecule has 1 amide bonds. The summed E-state index contributed by atoms with van der Waals surface area (Å²) < 4.78 is 0. The number of hydrogen-bond donors (Lipinski definition) is 0. The number of likely N-dealkylation sites (N-methyl/N-ethyl adjacent to an activating group) is 1. The number of nitrogens with zero attached hydrogens (tertiary/aromatic N) is 1. The molecule has 92 valence electrons. The largest absolute Gasteiger partial charge is 0.315 e. The monoisotopic (exact) mass is 223 g/mol. The molecule has 16 heavy (non-hydrogen) atoms. The first kappa shape index (κ1) is 17.1. The topological polar surface area (TPSA) is 20.3 Å². The lowest BCUT2D eigenvalue weighted by atomic mass is 10.1. The molecule has 2 nitrogen and oxygen atoms in total. The molecule has 0 aliphatic rings. The lowest BCUT2D eigenvalue weighted by Crippen LogP contribution is -2.25. The number of rotatable bonds is 4. The average molecular weight is 223 g/mol. The van der Waals surface area contributed by atoms with Gasteiger partial charge in [0.25, 0.3) is 0 Å². The van der Waals surface area contributed by atoms with Gasteiger partial charge in [0.2, 0.25) is 5.91 Å². The van der Waals surface area contributed by atoms with Gasteiger partial charge in [0.1, 0.15) is 0 Å². The van der Waals surface area contributed by atoms with Gasteiger partial charge in [-0.2, -0.15) is 0 Å². The van der Waals surface area contributed by atoms with Gasteiger partial charge in [0.05, 0.1) is 0 Å². The highest BCUT2D eigenvalue weighted by molar-refractivity contribution is 5.78. The van der Waals surface area contributed by atoms with Crippen molar-refractivity contribution in [3.8, 4) is 0 Å². The molecule has 0 aliphatic carbocycles. The summed E-state index contributed by atoms with van der Waals surface area (Å²) in [5, 5.41) is 0. The molecule has 0 radical (unpaired) electrons. The fraction of sp³-hybridized carbons (Fsp3) is 0.500. The lowest BCUT2D eigenvalue weighted by Gasteiger charge is -2.20. The van der Waals surface area contributed by atoms with Gasteiger partial charge in [-0.1, -0.05) is 39.5 Å². The van der Waals surface area contributed by atoms with E-state index in [4.69, 9.17) is 0 Å². The van der Waals surface area contributed by atoms with E-state index in [1.807, 2.05) is 46.8 Å². The Morgan fingerprint density at radius 2 is 1.88 bits per heavy atom. The minimum absolute atomic E-state index is 0.110. The normalized spacial score (nSPS) is 11.4. The molecule has 2 heteroatoms. The lowest BCUT2D eigenvalue weighted by molar-refractivity contribution is -0.127. The smallest absolute Gasteiger partial charge is 0.226 e. The maximum absolute atomic E-state index is 11.5. The van der Waals surface area contributed by atoms with Crippen molar-refractivity contribution in [2.24, 2.45) is 0 Å². The molecule has 0 fully saturated rings. The van der Waals surface area contributed by atoms with Crippen molar-refractivity contribution in [2.75, 3.05) is 7.05 Å². The Bertz CT molecular complexity index is 274. The van der Waals surface area contributed by atoms with E-state index in [0.29, 0.717) is 6.42 Å². The fourth-order valence-electron chi connectivity index (χ4n) is 1.14. The first-order valence-corrected chi connectivity index (χ1v) is 5.81. The quantitative estimate of drug-likeness (QED) is 0.661. The molecule has 0 atom stereocenters. The van der Waals surface area contributed by atoms with Crippen LogP contribution in [0.5, 0.6) is 0 Å². The van der Waals surface area contributed by atoms with E-state index in [1.54, 1.807) is 18.0 Å². The van der Waals surface area contributed by atoms with Crippen LogP contribution in [0.25, 0.3) is 0 Å². The number of hydrogen-bond acceptors (Lipinski definition) is 1. The maximum atomic E-state index is 11.5. The van der Waals surface area contributed by atoms with Crippen LogP contribution in [0.15, 0.2) is 36.1 Å². The van der Waals surface area contributed by atoms with Crippen molar-refractivity contribution in [2.45, 2.75) is 41.0 Å². The van der Waals surface area contributed by atoms with Crippen LogP contribution in [0.1, 0.15) is 41.0 Å². The predicted molar refractivity (Wildman–Crippen MR) is 72.1 cm³/mol. The zero-order valence-corrected chi connectivity index (χ0v) is 11.5. The van der Waals surface area contributed by atoms with Gasteiger partial charge in [0.15, 0.2) is 0 Å². The molecule has 0 spiro atoms. The van der Waals surface area contributed by atoms with E-state index in [1.165, 1.54) is 0 Å². The van der Waals surface area contributed by atoms with Gasteiger partial charge >= 0.3 is 0 Å². The number of amides is 1. The van der Waals surface area contributed by atoms with Crippen LogP contribution in [0.4, 0.5) is 0 Å². The summed E-state index contributed by atoms with van der Waals surface area (Å²) in [6, 6.07) is 0. The Balaban J connectivity index is 0. The zero-order chi connectivity index (χ0) is 13.1. The average Bonchev–Trinajstić information content (AvgIpc) is 2.35. The van der Waals surface area contributed by atoms with Crippen molar-refractivity contribution in [1.82, 2.24) is 4.90 Å². The minimum atomic E-state index is 0.110. The highest BCUT2D eigenvalue weighted by Gasteiger charge is 2.11. The molecule has 0 aromatic heterocycles. The molecule has 0 bridgehead atoms. The molecule has 0 heterocycles. The molecule has 0 N–H and O–H groups in total. The van der Waals surface area contributed by atoms with Gasteiger partial charge in [0, 0.05) is 19.2 Å². The molecule has 0 aromatic rings. The van der Waals surface area contributed by atoms with E-state index in [0.717, 1.165) is 11.3 Å². The zero-order valence-electron chi connectivity index (χ0n) is 11.5. The van der Waals surface area contributed by atoms with Crippen molar-refractivity contribution < 1.29 is 4.79 Å². The Morgan fingerprint density at radius 3 is 2.19 bits per heavy atom. The molecule has 0 aliphatic heterocycles. The summed E-state index contributed by atoms with van der Waals surface area (Å²) in [4.78, 5) is 13.1. The molecular weight excluding hydrogens is 198 g/mol. The highest BCUT2D eigenvalue weighted by Crippen LogP contribution is 2.14. The molecule has 0 saturated carbocycles. The van der Waals surface area contributed by atoms with E-state index in [2.05, 4.69) is 6.58 Å². The first-order chi connectivity index (χ1) is 7.58. The molecule has 0 saturated heterocycles. The van der Waals surface area contributed by atoms with Crippen LogP contribution in [0, 0.1) is 0 Å². The molecular formula is C14H25NO. The third-order valence-corrected chi connectivity index (χ3v) is 2.15. The van der Waals surface area contributed by atoms with Crippen LogP contribution >= 0.6 is 0 Å². The second-order valence-corrected chi connectivity index (χ2v) is 3.07. The summed E-state index contributed by atoms with van der Waals surface area (Å²) in [6.07, 6.45) is 6.04. The third kappa shape index (κ3) is 5.54. The van der Waals surface area contributed by atoms with Crippen molar-refractivity contribution in [3.63, 3.8) is 0 Å². The van der Waals surface area contributed by atoms with Crippen LogP contribution < -0.4 is 0 Å². The highest BCUT2D eigenvalue weighted by atomic mass is 16.2. The summed E-state index contributed by atoms with van der Waals surface area (Å²) >= 11 is 0. The van der Waals surface area contributed by atoms with Crippen molar-refractivity contribution in [3.05, 3.63) is 36.1 Å². The van der Waals surface area contributed by atoms with Crippen LogP contribution in [-0.4, -0.2) is 17.9 Å². The Labute approximate surface area is 100 Å². The van der Waals surface area contributed by atoms with Gasteiger partial charge in [-0.3, -0.25) is 4.79 Å². The Hall–Kier alpha value is -1.31. The minimum Gasteiger partial charge on any atom is -0.315 e. The number of allylic oxidation sites excluding steroid dienone is 4. The summed E-state index contributed by atoms with van der Waals surface area (Å²) in [7, 11) is 1.79. The Kier molecular flexibility index (Phi) is 10.9. The van der Waals surface area contributed by atoms with Crippen LogP contribution in [-0.2, 0) is 4.79 Å². The van der Waals surface area contributed by atoms with Crippen LogP contribution in [0.3, 0.4) is 0 Å². The van der Waals surface area contributed by atoms with Gasteiger partial charge in [-0.15, -0.1) is 0 Å². The van der Waals surface area contributed by atoms with Gasteiger partial charge in [-0.25, -0.2) is 0 Å². The molecule has 0 rings (SSSR count). The summed E-state index contributed by atoms with van der Waals surface area (Å²) in [5.74, 6) is 0.110. The summed E-state index contributed by atoms with van der Waals surface area (Å²) in [5.41, 5.74) is 1.99. The van der Waals surface area contributed by atoms with Crippen LogP contribution in [0.2, 0.25) is 0 Å². The maximum Gasteiger partial charge on any atom is 0.226 e. The SMILES string of the molecule is C=C/C=C(\C(C)=C/C)N(C)C(=O)CC.CC. The van der Waals surface area contributed by atoms with E-state index < -0.39 is 0 Å². The number of carbonyl (C=O) groups excluding carboxylic acids is 1.